The molecule has 33 heavy (non-hydrogen) atoms. The number of ether oxygens (including phenoxy) is 1. The first kappa shape index (κ1) is 22.7. The summed E-state index contributed by atoms with van der Waals surface area (Å²) < 4.78 is 60.1. The van der Waals surface area contributed by atoms with Gasteiger partial charge in [-0.1, -0.05) is 19.1 Å². The minimum atomic E-state index is -3.63. The smallest absolute Gasteiger partial charge is 0.426 e. The minimum Gasteiger partial charge on any atom is -0.429 e. The van der Waals surface area contributed by atoms with Gasteiger partial charge in [0.15, 0.2) is 11.6 Å². The molecule has 0 radical (unpaired) electrons. The lowest BCUT2D eigenvalue weighted by molar-refractivity contribution is -0.185. The maximum atomic E-state index is 14.6. The molecule has 178 valence electrons. The molecule has 0 aromatic heterocycles. The van der Waals surface area contributed by atoms with Crippen LogP contribution in [-0.4, -0.2) is 0 Å². The Bertz CT molecular complexity index is 950. The number of hydrogen-bond acceptors (Lipinski definition) is 1. The normalized spacial score (nSPS) is 32.0. The van der Waals surface area contributed by atoms with Crippen LogP contribution in [0.25, 0.3) is 0 Å². The Kier molecular flexibility index (Phi) is 6.17. The van der Waals surface area contributed by atoms with E-state index in [4.69, 9.17) is 0 Å². The van der Waals surface area contributed by atoms with E-state index in [-0.39, 0.29) is 5.56 Å². The Labute approximate surface area is 193 Å². The highest BCUT2D eigenvalue weighted by Crippen LogP contribution is 2.53. The third kappa shape index (κ3) is 4.79. The first-order chi connectivity index (χ1) is 15.8. The second kappa shape index (κ2) is 8.96. The Balaban J connectivity index is 1.17. The number of alkyl halides is 2. The zero-order valence-corrected chi connectivity index (χ0v) is 19.1. The van der Waals surface area contributed by atoms with Crippen LogP contribution in [-0.2, 0) is 6.11 Å². The predicted octanol–water partition coefficient (Wildman–Crippen LogP) is 8.44. The van der Waals surface area contributed by atoms with Crippen molar-refractivity contribution < 1.29 is 22.3 Å². The van der Waals surface area contributed by atoms with Crippen LogP contribution >= 0.6 is 0 Å². The highest BCUT2D eigenvalue weighted by atomic mass is 19.3. The number of benzene rings is 2. The van der Waals surface area contributed by atoms with Crippen LogP contribution < -0.4 is 4.74 Å². The first-order valence-electron chi connectivity index (χ1n) is 12.4. The Morgan fingerprint density at radius 3 is 1.94 bits per heavy atom. The Morgan fingerprint density at radius 1 is 0.727 bits per heavy atom. The molecule has 5 heteroatoms. The van der Waals surface area contributed by atoms with Gasteiger partial charge in [0.05, 0.1) is 5.56 Å². The van der Waals surface area contributed by atoms with Crippen LogP contribution in [0.2, 0.25) is 0 Å². The zero-order chi connectivity index (χ0) is 23.2. The van der Waals surface area contributed by atoms with E-state index >= 15 is 0 Å². The maximum Gasteiger partial charge on any atom is 0.426 e. The zero-order valence-electron chi connectivity index (χ0n) is 19.1. The van der Waals surface area contributed by atoms with Gasteiger partial charge in [0, 0.05) is 6.07 Å². The second-order valence-corrected chi connectivity index (χ2v) is 10.8. The lowest BCUT2D eigenvalue weighted by atomic mass is 9.72. The molecule has 3 aliphatic carbocycles. The van der Waals surface area contributed by atoms with Gasteiger partial charge in [-0.25, -0.2) is 8.78 Å². The monoisotopic (exact) mass is 460 g/mol. The van der Waals surface area contributed by atoms with Gasteiger partial charge in [-0.15, -0.1) is 0 Å². The molecule has 0 aliphatic heterocycles. The van der Waals surface area contributed by atoms with E-state index in [1.54, 1.807) is 12.1 Å². The van der Waals surface area contributed by atoms with E-state index in [1.807, 2.05) is 0 Å². The third-order valence-electron chi connectivity index (χ3n) is 8.58. The van der Waals surface area contributed by atoms with Crippen molar-refractivity contribution in [3.05, 3.63) is 65.2 Å². The average molecular weight is 461 g/mol. The molecule has 0 heterocycles. The Morgan fingerprint density at radius 2 is 1.33 bits per heavy atom. The van der Waals surface area contributed by atoms with Crippen molar-refractivity contribution in [2.24, 2.45) is 29.6 Å². The van der Waals surface area contributed by atoms with Gasteiger partial charge in [0.1, 0.15) is 5.75 Å². The molecule has 3 aliphatic rings. The topological polar surface area (TPSA) is 9.23 Å². The van der Waals surface area contributed by atoms with Crippen molar-refractivity contribution in [1.82, 2.24) is 0 Å². The van der Waals surface area contributed by atoms with E-state index in [0.717, 1.165) is 60.1 Å². The molecule has 0 bridgehead atoms. The molecule has 0 amide bonds. The second-order valence-electron chi connectivity index (χ2n) is 10.8. The predicted molar refractivity (Wildman–Crippen MR) is 120 cm³/mol. The van der Waals surface area contributed by atoms with Crippen molar-refractivity contribution in [3.8, 4) is 5.75 Å². The van der Waals surface area contributed by atoms with Gasteiger partial charge < -0.3 is 4.74 Å². The van der Waals surface area contributed by atoms with Crippen LogP contribution in [0.1, 0.15) is 75.3 Å². The average Bonchev–Trinajstić information content (AvgIpc) is 3.34. The van der Waals surface area contributed by atoms with E-state index in [9.17, 15) is 17.6 Å². The fourth-order valence-corrected chi connectivity index (χ4v) is 6.97. The van der Waals surface area contributed by atoms with E-state index in [2.05, 4.69) is 11.7 Å². The standard InChI is InChI=1S/C28H32F4O/c1-17-12-21-14-23(15-22(21)13-17)20-4-2-18(3-5-20)19-6-8-24(9-7-19)28(31,32)33-25-10-11-26(29)27(30)16-25/h6-11,16-18,20-23H,2-5,12-15H2,1H3. The van der Waals surface area contributed by atoms with Crippen molar-refractivity contribution in [2.45, 2.75) is 70.3 Å². The van der Waals surface area contributed by atoms with Crippen molar-refractivity contribution in [1.29, 1.82) is 0 Å². The summed E-state index contributed by atoms with van der Waals surface area (Å²) in [6.07, 6.45) is 6.78. The highest BCUT2D eigenvalue weighted by Gasteiger charge is 2.43. The largest absolute Gasteiger partial charge is 0.429 e. The summed E-state index contributed by atoms with van der Waals surface area (Å²) in [5.74, 6) is 2.24. The number of rotatable bonds is 5. The molecule has 0 N–H and O–H groups in total. The Hall–Kier alpha value is -2.04. The minimum absolute atomic E-state index is 0.295. The fourth-order valence-electron chi connectivity index (χ4n) is 6.97. The van der Waals surface area contributed by atoms with Crippen LogP contribution in [0, 0.1) is 41.2 Å². The highest BCUT2D eigenvalue weighted by molar-refractivity contribution is 5.30. The van der Waals surface area contributed by atoms with Gasteiger partial charge in [0.2, 0.25) is 0 Å². The fraction of sp³-hybridized carbons (Fsp3) is 0.571. The van der Waals surface area contributed by atoms with Gasteiger partial charge in [-0.3, -0.25) is 0 Å². The molecule has 5 rings (SSSR count). The number of fused-ring (bicyclic) bond motifs is 1. The van der Waals surface area contributed by atoms with Crippen LogP contribution in [0.5, 0.6) is 5.75 Å². The number of hydrogen-bond donors (Lipinski definition) is 0. The molecule has 2 aromatic carbocycles. The summed E-state index contributed by atoms with van der Waals surface area (Å²) in [4.78, 5) is 0. The van der Waals surface area contributed by atoms with E-state index in [1.165, 1.54) is 50.7 Å². The molecule has 2 aromatic rings. The van der Waals surface area contributed by atoms with Gasteiger partial charge >= 0.3 is 6.11 Å². The van der Waals surface area contributed by atoms with Crippen LogP contribution in [0.15, 0.2) is 42.5 Å². The summed E-state index contributed by atoms with van der Waals surface area (Å²) in [7, 11) is 0. The third-order valence-corrected chi connectivity index (χ3v) is 8.58. The lowest BCUT2D eigenvalue weighted by Gasteiger charge is -2.33. The number of halogens is 4. The molecule has 0 saturated heterocycles. The molecular formula is C28H32F4O. The summed E-state index contributed by atoms with van der Waals surface area (Å²) in [5.41, 5.74) is 0.800. The van der Waals surface area contributed by atoms with Crippen LogP contribution in [0.3, 0.4) is 0 Å². The molecule has 2 unspecified atom stereocenters. The van der Waals surface area contributed by atoms with E-state index in [0.29, 0.717) is 12.0 Å². The van der Waals surface area contributed by atoms with Gasteiger partial charge in [0.25, 0.3) is 0 Å². The van der Waals surface area contributed by atoms with Crippen molar-refractivity contribution in [3.63, 3.8) is 0 Å². The van der Waals surface area contributed by atoms with Crippen LogP contribution in [0.4, 0.5) is 17.6 Å². The SMILES string of the molecule is CC1CC2CC(C3CCC(c4ccc(C(F)(F)Oc5ccc(F)c(F)c5)cc4)CC3)CC2C1. The molecule has 1 nitrogen and oxygen atoms in total. The van der Waals surface area contributed by atoms with Crippen molar-refractivity contribution in [2.75, 3.05) is 0 Å². The van der Waals surface area contributed by atoms with Gasteiger partial charge in [-0.05, 0) is 117 Å². The van der Waals surface area contributed by atoms with Gasteiger partial charge in [-0.2, -0.15) is 8.78 Å². The molecule has 2 atom stereocenters. The maximum absolute atomic E-state index is 14.6. The quantitative estimate of drug-likeness (QED) is 0.407. The molecule has 3 fully saturated rings. The summed E-state index contributed by atoms with van der Waals surface area (Å²) in [5, 5.41) is 0. The first-order valence-corrected chi connectivity index (χ1v) is 12.4. The molecule has 0 spiro atoms. The summed E-state index contributed by atoms with van der Waals surface area (Å²) in [6, 6.07) is 8.72. The molecule has 3 saturated carbocycles. The van der Waals surface area contributed by atoms with E-state index < -0.39 is 23.5 Å². The summed E-state index contributed by atoms with van der Waals surface area (Å²) in [6.45, 7) is 2.40. The summed E-state index contributed by atoms with van der Waals surface area (Å²) >= 11 is 0. The lowest BCUT2D eigenvalue weighted by Crippen LogP contribution is -2.22. The van der Waals surface area contributed by atoms with Crippen molar-refractivity contribution >= 4 is 0 Å². The molecular weight excluding hydrogens is 428 g/mol.